The number of hydrogen-bond donors (Lipinski definition) is 1. The van der Waals surface area contributed by atoms with E-state index in [9.17, 15) is 0 Å². The first-order chi connectivity index (χ1) is 6.02. The van der Waals surface area contributed by atoms with Crippen LogP contribution >= 0.6 is 0 Å². The number of aliphatic hydroxyl groups is 1. The minimum Gasteiger partial charge on any atom is -0.396 e. The third kappa shape index (κ3) is 6.09. The molecule has 0 amide bonds. The van der Waals surface area contributed by atoms with Crippen LogP contribution in [0.5, 0.6) is 0 Å². The fourth-order valence-electron chi connectivity index (χ4n) is 1.86. The molecule has 0 rings (SSSR count). The summed E-state index contributed by atoms with van der Waals surface area (Å²) in [5.41, 5.74) is 0.436. The molecule has 80 valence electrons. The Kier molecular flexibility index (Phi) is 6.40. The molecule has 0 spiro atoms. The Bertz CT molecular complexity index is 113. The average Bonchev–Trinajstić information content (AvgIpc) is 2.01. The van der Waals surface area contributed by atoms with Gasteiger partial charge in [0.2, 0.25) is 0 Å². The van der Waals surface area contributed by atoms with E-state index in [-0.39, 0.29) is 0 Å². The van der Waals surface area contributed by atoms with Crippen molar-refractivity contribution in [3.8, 4) is 0 Å². The van der Waals surface area contributed by atoms with Crippen molar-refractivity contribution in [1.29, 1.82) is 0 Å². The maximum atomic E-state index is 8.71. The molecule has 0 saturated carbocycles. The van der Waals surface area contributed by atoms with Crippen molar-refractivity contribution in [1.82, 2.24) is 0 Å². The van der Waals surface area contributed by atoms with E-state index in [0.29, 0.717) is 12.0 Å². The molecule has 0 aromatic rings. The molecule has 0 aliphatic rings. The van der Waals surface area contributed by atoms with E-state index in [4.69, 9.17) is 5.11 Å². The fourth-order valence-corrected chi connectivity index (χ4v) is 1.86. The second kappa shape index (κ2) is 6.42. The molecule has 0 aromatic heterocycles. The van der Waals surface area contributed by atoms with Crippen LogP contribution in [0.4, 0.5) is 0 Å². The van der Waals surface area contributed by atoms with Crippen LogP contribution in [0.15, 0.2) is 0 Å². The quantitative estimate of drug-likeness (QED) is 0.628. The lowest BCUT2D eigenvalue weighted by molar-refractivity contribution is 0.197. The van der Waals surface area contributed by atoms with Crippen LogP contribution in [0.25, 0.3) is 0 Å². The van der Waals surface area contributed by atoms with Gasteiger partial charge in [0, 0.05) is 6.61 Å². The molecule has 1 nitrogen and oxygen atoms in total. The first-order valence-electron chi connectivity index (χ1n) is 5.63. The Balaban J connectivity index is 3.81. The predicted octanol–water partition coefficient (Wildman–Crippen LogP) is 3.61. The predicted molar refractivity (Wildman–Crippen MR) is 58.8 cm³/mol. The topological polar surface area (TPSA) is 20.2 Å². The maximum absolute atomic E-state index is 8.71. The molecular weight excluding hydrogens is 160 g/mol. The van der Waals surface area contributed by atoms with E-state index in [2.05, 4.69) is 27.7 Å². The molecule has 1 heteroatoms. The van der Waals surface area contributed by atoms with E-state index in [1.165, 1.54) is 25.7 Å². The number of unbranched alkanes of at least 4 members (excludes halogenated alkanes) is 1. The lowest BCUT2D eigenvalue weighted by atomic mass is 9.75. The highest BCUT2D eigenvalue weighted by Crippen LogP contribution is 2.33. The van der Waals surface area contributed by atoms with Gasteiger partial charge >= 0.3 is 0 Å². The van der Waals surface area contributed by atoms with Crippen molar-refractivity contribution in [2.24, 2.45) is 11.3 Å². The minimum absolute atomic E-state index is 0.350. The lowest BCUT2D eigenvalue weighted by Gasteiger charge is -2.30. The second-order valence-corrected chi connectivity index (χ2v) is 5.07. The Labute approximate surface area is 83.5 Å². The summed E-state index contributed by atoms with van der Waals surface area (Å²) in [5.74, 6) is 0.823. The smallest absolute Gasteiger partial charge is 0.0431 e. The van der Waals surface area contributed by atoms with Crippen molar-refractivity contribution in [3.05, 3.63) is 0 Å². The zero-order chi connectivity index (χ0) is 10.3. The van der Waals surface area contributed by atoms with Gasteiger partial charge in [-0.05, 0) is 24.2 Å². The fraction of sp³-hybridized carbons (Fsp3) is 1.00. The van der Waals surface area contributed by atoms with Gasteiger partial charge in [-0.15, -0.1) is 0 Å². The average molecular weight is 186 g/mol. The van der Waals surface area contributed by atoms with Gasteiger partial charge in [-0.3, -0.25) is 0 Å². The highest BCUT2D eigenvalue weighted by Gasteiger charge is 2.22. The molecule has 0 radical (unpaired) electrons. The normalized spacial score (nSPS) is 14.5. The summed E-state index contributed by atoms with van der Waals surface area (Å²) < 4.78 is 0. The van der Waals surface area contributed by atoms with Gasteiger partial charge in [-0.25, -0.2) is 0 Å². The summed E-state index contributed by atoms with van der Waals surface area (Å²) in [4.78, 5) is 0. The molecule has 1 unspecified atom stereocenters. The van der Waals surface area contributed by atoms with Crippen molar-refractivity contribution < 1.29 is 5.11 Å². The van der Waals surface area contributed by atoms with Crippen LogP contribution < -0.4 is 0 Å². The van der Waals surface area contributed by atoms with E-state index >= 15 is 0 Å². The molecule has 13 heavy (non-hydrogen) atoms. The van der Waals surface area contributed by atoms with Gasteiger partial charge in [0.1, 0.15) is 0 Å². The summed E-state index contributed by atoms with van der Waals surface area (Å²) in [7, 11) is 0. The van der Waals surface area contributed by atoms with Gasteiger partial charge in [0.25, 0.3) is 0 Å². The van der Waals surface area contributed by atoms with Crippen LogP contribution in [0.1, 0.15) is 59.8 Å². The largest absolute Gasteiger partial charge is 0.396 e. The summed E-state index contributed by atoms with van der Waals surface area (Å²) in [6.07, 6.45) is 6.03. The number of rotatable bonds is 6. The van der Waals surface area contributed by atoms with Crippen LogP contribution in [-0.4, -0.2) is 11.7 Å². The second-order valence-electron chi connectivity index (χ2n) is 5.07. The molecule has 0 bridgehead atoms. The van der Waals surface area contributed by atoms with Crippen molar-refractivity contribution in [2.75, 3.05) is 6.61 Å². The highest BCUT2D eigenvalue weighted by molar-refractivity contribution is 4.73. The third-order valence-corrected chi connectivity index (χ3v) is 2.82. The van der Waals surface area contributed by atoms with Crippen LogP contribution in [0, 0.1) is 11.3 Å². The summed E-state index contributed by atoms with van der Waals surface area (Å²) in [5, 5.41) is 8.71. The van der Waals surface area contributed by atoms with E-state index < -0.39 is 0 Å². The van der Waals surface area contributed by atoms with Gasteiger partial charge in [0.15, 0.2) is 0 Å². The lowest BCUT2D eigenvalue weighted by Crippen LogP contribution is -2.20. The molecular formula is C12H26O. The first kappa shape index (κ1) is 13.0. The highest BCUT2D eigenvalue weighted by atomic mass is 16.2. The molecule has 1 atom stereocenters. The monoisotopic (exact) mass is 186 g/mol. The van der Waals surface area contributed by atoms with Crippen molar-refractivity contribution in [2.45, 2.75) is 59.8 Å². The van der Waals surface area contributed by atoms with E-state index in [1.54, 1.807) is 0 Å². The van der Waals surface area contributed by atoms with E-state index in [1.807, 2.05) is 0 Å². The SMILES string of the molecule is CCCC(CCCCO)C(C)(C)C. The summed E-state index contributed by atoms with van der Waals surface area (Å²) in [6.45, 7) is 9.58. The Hall–Kier alpha value is -0.0400. The molecule has 1 N–H and O–H groups in total. The van der Waals surface area contributed by atoms with E-state index in [0.717, 1.165) is 12.3 Å². The van der Waals surface area contributed by atoms with Crippen LogP contribution in [0.3, 0.4) is 0 Å². The van der Waals surface area contributed by atoms with Gasteiger partial charge in [-0.1, -0.05) is 47.0 Å². The molecule has 0 aromatic carbocycles. The number of aliphatic hydroxyl groups excluding tert-OH is 1. The Morgan fingerprint density at radius 2 is 1.69 bits per heavy atom. The molecule has 0 saturated heterocycles. The molecule has 0 fully saturated rings. The molecule has 0 aliphatic heterocycles. The zero-order valence-electron chi connectivity index (χ0n) is 9.77. The molecule has 0 aliphatic carbocycles. The van der Waals surface area contributed by atoms with Gasteiger partial charge < -0.3 is 5.11 Å². The standard InChI is InChI=1S/C12H26O/c1-5-8-11(12(2,3)4)9-6-7-10-13/h11,13H,5-10H2,1-4H3. The van der Waals surface area contributed by atoms with Gasteiger partial charge in [-0.2, -0.15) is 0 Å². The summed E-state index contributed by atoms with van der Waals surface area (Å²) in [6, 6.07) is 0. The van der Waals surface area contributed by atoms with Crippen molar-refractivity contribution in [3.63, 3.8) is 0 Å². The Morgan fingerprint density at radius 3 is 2.08 bits per heavy atom. The minimum atomic E-state index is 0.350. The zero-order valence-corrected chi connectivity index (χ0v) is 9.77. The number of hydrogen-bond acceptors (Lipinski definition) is 1. The summed E-state index contributed by atoms with van der Waals surface area (Å²) >= 11 is 0. The van der Waals surface area contributed by atoms with Gasteiger partial charge in [0.05, 0.1) is 0 Å². The van der Waals surface area contributed by atoms with Crippen LogP contribution in [0.2, 0.25) is 0 Å². The first-order valence-corrected chi connectivity index (χ1v) is 5.63. The maximum Gasteiger partial charge on any atom is 0.0431 e. The third-order valence-electron chi connectivity index (χ3n) is 2.82. The van der Waals surface area contributed by atoms with Crippen molar-refractivity contribution >= 4 is 0 Å². The molecule has 0 heterocycles. The Morgan fingerprint density at radius 1 is 1.08 bits per heavy atom. The van der Waals surface area contributed by atoms with Crippen LogP contribution in [-0.2, 0) is 0 Å².